The summed E-state index contributed by atoms with van der Waals surface area (Å²) in [5.41, 5.74) is 6.13. The van der Waals surface area contributed by atoms with Gasteiger partial charge >= 0.3 is 0 Å². The number of amides is 3. The van der Waals surface area contributed by atoms with Crippen molar-refractivity contribution in [2.45, 2.75) is 44.9 Å². The smallest absolute Gasteiger partial charge is 0.282 e. The molecule has 0 spiro atoms. The monoisotopic (exact) mass is 503 g/mol. The summed E-state index contributed by atoms with van der Waals surface area (Å²) in [5, 5.41) is 15.6. The number of hydroxylamine groups is 1. The predicted octanol–water partition coefficient (Wildman–Crippen LogP) is 2.38. The zero-order valence-corrected chi connectivity index (χ0v) is 20.9. The highest BCUT2D eigenvalue weighted by Crippen LogP contribution is 2.07. The lowest BCUT2D eigenvalue weighted by molar-refractivity contribution is -0.151. The number of carbonyl (C=O) groups is 3. The van der Waals surface area contributed by atoms with Crippen LogP contribution < -0.4 is 16.1 Å². The summed E-state index contributed by atoms with van der Waals surface area (Å²) in [6, 6.07) is 25.8. The first kappa shape index (κ1) is 27.6. The topological polar surface area (TPSA) is 117 Å². The molecule has 3 aromatic carbocycles. The summed E-state index contributed by atoms with van der Waals surface area (Å²) < 4.78 is 0. The molecule has 8 nitrogen and oxygen atoms in total. The number of benzene rings is 3. The summed E-state index contributed by atoms with van der Waals surface area (Å²) in [7, 11) is 0. The van der Waals surface area contributed by atoms with Gasteiger partial charge in [-0.2, -0.15) is 0 Å². The van der Waals surface area contributed by atoms with Crippen molar-refractivity contribution in [1.82, 2.24) is 16.1 Å². The lowest BCUT2D eigenvalue weighted by atomic mass is 10.0. The largest absolute Gasteiger partial charge is 0.375 e. The molecule has 0 bridgehead atoms. The molecule has 0 aliphatic carbocycles. The van der Waals surface area contributed by atoms with Crippen molar-refractivity contribution in [3.63, 3.8) is 0 Å². The fourth-order valence-corrected chi connectivity index (χ4v) is 3.62. The van der Waals surface area contributed by atoms with E-state index in [0.29, 0.717) is 25.8 Å². The van der Waals surface area contributed by atoms with Crippen LogP contribution in [0.25, 0.3) is 0 Å². The molecule has 4 N–H and O–H groups in total. The van der Waals surface area contributed by atoms with Crippen molar-refractivity contribution in [2.24, 2.45) is 0 Å². The zero-order valence-electron chi connectivity index (χ0n) is 20.9. The minimum atomic E-state index is -2.03. The minimum Gasteiger partial charge on any atom is -0.375 e. The van der Waals surface area contributed by atoms with Crippen molar-refractivity contribution >= 4 is 17.7 Å². The fraction of sp³-hybridized carbons (Fsp3) is 0.276. The molecule has 0 saturated heterocycles. The van der Waals surface area contributed by atoms with Gasteiger partial charge < -0.3 is 15.7 Å². The Morgan fingerprint density at radius 1 is 0.757 bits per heavy atom. The number of aliphatic hydroxyl groups excluding tert-OH is 1. The lowest BCUT2D eigenvalue weighted by Crippen LogP contribution is -2.53. The van der Waals surface area contributed by atoms with E-state index < -0.39 is 24.0 Å². The first-order valence-electron chi connectivity index (χ1n) is 12.2. The van der Waals surface area contributed by atoms with Crippen LogP contribution in [0.15, 0.2) is 84.9 Å². The Bertz CT molecular complexity index is 1140. The van der Waals surface area contributed by atoms with E-state index >= 15 is 0 Å². The number of aryl methyl sites for hydroxylation is 2. The Hall–Kier alpha value is -4.01. The molecule has 0 aliphatic heterocycles. The van der Waals surface area contributed by atoms with Gasteiger partial charge in [-0.25, -0.2) is 5.48 Å². The van der Waals surface area contributed by atoms with E-state index in [4.69, 9.17) is 4.84 Å². The standard InChI is InChI=1S/C29H33N3O5/c1-21-12-14-23(15-13-21)18-19-30-27(34)25(17-16-22-8-4-2-5-9-22)31-28(35)26(33)29(36)32-37-20-24-10-6-3-7-11-24/h2-15,25-26,33H,16-20H2,1H3,(H,30,34)(H,31,35)(H,32,36)/t25-,26?/m0/s1. The molecule has 0 aromatic heterocycles. The summed E-state index contributed by atoms with van der Waals surface area (Å²) >= 11 is 0. The van der Waals surface area contributed by atoms with Crippen molar-refractivity contribution in [3.05, 3.63) is 107 Å². The van der Waals surface area contributed by atoms with Gasteiger partial charge in [-0.1, -0.05) is 90.5 Å². The van der Waals surface area contributed by atoms with Crippen LogP contribution in [-0.2, 0) is 38.7 Å². The minimum absolute atomic E-state index is 0.0734. The average molecular weight is 504 g/mol. The van der Waals surface area contributed by atoms with Crippen LogP contribution in [0.2, 0.25) is 0 Å². The van der Waals surface area contributed by atoms with Gasteiger partial charge in [-0.15, -0.1) is 0 Å². The average Bonchev–Trinajstić information content (AvgIpc) is 2.92. The molecule has 0 fully saturated rings. The molecule has 0 aliphatic rings. The number of hydrogen-bond acceptors (Lipinski definition) is 5. The normalized spacial score (nSPS) is 12.3. The van der Waals surface area contributed by atoms with Gasteiger partial charge in [0.05, 0.1) is 6.61 Å². The third-order valence-corrected chi connectivity index (χ3v) is 5.78. The molecule has 37 heavy (non-hydrogen) atoms. The van der Waals surface area contributed by atoms with Crippen molar-refractivity contribution < 1.29 is 24.3 Å². The zero-order chi connectivity index (χ0) is 26.5. The molecule has 2 atom stereocenters. The van der Waals surface area contributed by atoms with E-state index in [1.165, 1.54) is 0 Å². The van der Waals surface area contributed by atoms with Gasteiger partial charge in [0, 0.05) is 6.54 Å². The van der Waals surface area contributed by atoms with Crippen LogP contribution in [0.3, 0.4) is 0 Å². The highest BCUT2D eigenvalue weighted by Gasteiger charge is 2.28. The fourth-order valence-electron chi connectivity index (χ4n) is 3.62. The molecular weight excluding hydrogens is 470 g/mol. The lowest BCUT2D eigenvalue weighted by Gasteiger charge is -2.20. The molecule has 8 heteroatoms. The van der Waals surface area contributed by atoms with Crippen LogP contribution in [0.1, 0.15) is 28.7 Å². The Kier molecular flexibility index (Phi) is 10.8. The van der Waals surface area contributed by atoms with Gasteiger partial charge in [-0.05, 0) is 42.9 Å². The SMILES string of the molecule is Cc1ccc(CCNC(=O)[C@H](CCc2ccccc2)NC(=O)C(O)C(=O)NOCc2ccccc2)cc1. The van der Waals surface area contributed by atoms with E-state index in [1.54, 1.807) is 0 Å². The van der Waals surface area contributed by atoms with E-state index in [1.807, 2.05) is 91.9 Å². The van der Waals surface area contributed by atoms with E-state index in [9.17, 15) is 19.5 Å². The van der Waals surface area contributed by atoms with Crippen molar-refractivity contribution in [3.8, 4) is 0 Å². The molecule has 3 aromatic rings. The number of hydrogen-bond donors (Lipinski definition) is 4. The third-order valence-electron chi connectivity index (χ3n) is 5.78. The summed E-state index contributed by atoms with van der Waals surface area (Å²) in [6.45, 7) is 2.47. The van der Waals surface area contributed by atoms with E-state index in [0.717, 1.165) is 22.3 Å². The predicted molar refractivity (Wildman–Crippen MR) is 140 cm³/mol. The molecule has 3 amide bonds. The van der Waals surface area contributed by atoms with Crippen molar-refractivity contribution in [2.75, 3.05) is 6.54 Å². The highest BCUT2D eigenvalue weighted by molar-refractivity contribution is 6.03. The third kappa shape index (κ3) is 9.51. The summed E-state index contributed by atoms with van der Waals surface area (Å²) in [5.74, 6) is -2.38. The number of carbonyl (C=O) groups excluding carboxylic acids is 3. The maximum atomic E-state index is 12.9. The second kappa shape index (κ2) is 14.5. The van der Waals surface area contributed by atoms with Crippen LogP contribution >= 0.6 is 0 Å². The van der Waals surface area contributed by atoms with Gasteiger partial charge in [0.25, 0.3) is 11.8 Å². The molecule has 1 unspecified atom stereocenters. The first-order chi connectivity index (χ1) is 17.9. The Labute approximate surface area is 217 Å². The van der Waals surface area contributed by atoms with E-state index in [2.05, 4.69) is 16.1 Å². The Morgan fingerprint density at radius 3 is 2.00 bits per heavy atom. The van der Waals surface area contributed by atoms with E-state index in [-0.39, 0.29) is 12.5 Å². The number of nitrogens with one attached hydrogen (secondary N) is 3. The molecule has 0 heterocycles. The van der Waals surface area contributed by atoms with Gasteiger partial charge in [0.1, 0.15) is 6.04 Å². The van der Waals surface area contributed by atoms with Crippen LogP contribution in [-0.4, -0.2) is 41.5 Å². The van der Waals surface area contributed by atoms with Crippen LogP contribution in [0.5, 0.6) is 0 Å². The van der Waals surface area contributed by atoms with Gasteiger partial charge in [0.2, 0.25) is 12.0 Å². The van der Waals surface area contributed by atoms with Crippen LogP contribution in [0, 0.1) is 6.92 Å². The molecular formula is C29H33N3O5. The van der Waals surface area contributed by atoms with Gasteiger partial charge in [0.15, 0.2) is 0 Å². The summed E-state index contributed by atoms with van der Waals surface area (Å²) in [6.07, 6.45) is -0.574. The van der Waals surface area contributed by atoms with Gasteiger partial charge in [-0.3, -0.25) is 19.2 Å². The number of aliphatic hydroxyl groups is 1. The maximum absolute atomic E-state index is 12.9. The second-order valence-corrected chi connectivity index (χ2v) is 8.76. The molecule has 0 saturated carbocycles. The summed E-state index contributed by atoms with van der Waals surface area (Å²) in [4.78, 5) is 42.9. The second-order valence-electron chi connectivity index (χ2n) is 8.76. The maximum Gasteiger partial charge on any atom is 0.282 e. The Morgan fingerprint density at radius 2 is 1.35 bits per heavy atom. The Balaban J connectivity index is 1.53. The first-order valence-corrected chi connectivity index (χ1v) is 12.2. The molecule has 3 rings (SSSR count). The number of rotatable bonds is 13. The van der Waals surface area contributed by atoms with Crippen LogP contribution in [0.4, 0.5) is 0 Å². The molecule has 0 radical (unpaired) electrons. The highest BCUT2D eigenvalue weighted by atomic mass is 16.7. The van der Waals surface area contributed by atoms with Crippen molar-refractivity contribution in [1.29, 1.82) is 0 Å². The molecule has 194 valence electrons. The quantitative estimate of drug-likeness (QED) is 0.211.